The van der Waals surface area contributed by atoms with Crippen molar-refractivity contribution in [2.45, 2.75) is 47.3 Å². The lowest BCUT2D eigenvalue weighted by atomic mass is 9.95. The first kappa shape index (κ1) is 12.3. The Morgan fingerprint density at radius 2 is 1.93 bits per heavy atom. The second kappa shape index (κ2) is 5.32. The highest BCUT2D eigenvalue weighted by atomic mass is 16.5. The van der Waals surface area contributed by atoms with Gasteiger partial charge in [0.1, 0.15) is 0 Å². The van der Waals surface area contributed by atoms with Crippen LogP contribution in [-0.4, -0.2) is 0 Å². The van der Waals surface area contributed by atoms with E-state index in [1.54, 1.807) is 0 Å². The van der Waals surface area contributed by atoms with Crippen molar-refractivity contribution in [1.82, 2.24) is 0 Å². The van der Waals surface area contributed by atoms with Crippen LogP contribution in [0, 0.1) is 12.8 Å². The van der Waals surface area contributed by atoms with Gasteiger partial charge in [-0.2, -0.15) is 0 Å². The van der Waals surface area contributed by atoms with Gasteiger partial charge in [0.25, 0.3) is 0 Å². The maximum atomic E-state index is 5.77. The molecule has 1 unspecified atom stereocenters. The summed E-state index contributed by atoms with van der Waals surface area (Å²) < 4.78 is 5.77. The summed E-state index contributed by atoms with van der Waals surface area (Å²) in [5, 5.41) is 0. The Balaban J connectivity index is 0.000000531. The zero-order valence-corrected chi connectivity index (χ0v) is 10.5. The Bertz CT molecular complexity index is 315. The molecule has 1 atom stereocenters. The molecule has 1 aromatic carbocycles. The molecular weight excluding hydrogens is 184 g/mol. The SMILES string of the molecule is CC.Cc1cccc2c1COC2C(C)C. The average molecular weight is 206 g/mol. The van der Waals surface area contributed by atoms with E-state index in [1.807, 2.05) is 13.8 Å². The molecule has 15 heavy (non-hydrogen) atoms. The summed E-state index contributed by atoms with van der Waals surface area (Å²) in [5.74, 6) is 0.572. The van der Waals surface area contributed by atoms with Crippen LogP contribution in [0.1, 0.15) is 50.5 Å². The summed E-state index contributed by atoms with van der Waals surface area (Å²) in [4.78, 5) is 0. The zero-order valence-electron chi connectivity index (χ0n) is 10.5. The topological polar surface area (TPSA) is 9.23 Å². The van der Waals surface area contributed by atoms with Gasteiger partial charge >= 0.3 is 0 Å². The summed E-state index contributed by atoms with van der Waals surface area (Å²) in [7, 11) is 0. The number of aryl methyl sites for hydroxylation is 1. The third-order valence-electron chi connectivity index (χ3n) is 2.77. The van der Waals surface area contributed by atoms with Crippen LogP contribution in [0.3, 0.4) is 0 Å². The average Bonchev–Trinajstić information content (AvgIpc) is 2.66. The first-order chi connectivity index (χ1) is 7.20. The van der Waals surface area contributed by atoms with Crippen molar-refractivity contribution in [3.63, 3.8) is 0 Å². The molecular formula is C14H22O. The van der Waals surface area contributed by atoms with Crippen molar-refractivity contribution in [3.05, 3.63) is 34.9 Å². The lowest BCUT2D eigenvalue weighted by Gasteiger charge is -2.14. The first-order valence-electron chi connectivity index (χ1n) is 5.90. The third kappa shape index (κ3) is 2.40. The molecule has 0 fully saturated rings. The molecule has 2 rings (SSSR count). The lowest BCUT2D eigenvalue weighted by Crippen LogP contribution is -2.04. The fourth-order valence-electron chi connectivity index (χ4n) is 2.00. The largest absolute Gasteiger partial charge is 0.369 e. The fourth-order valence-corrected chi connectivity index (χ4v) is 2.00. The van der Waals surface area contributed by atoms with Gasteiger partial charge in [0, 0.05) is 0 Å². The molecule has 0 N–H and O–H groups in total. The second-order valence-electron chi connectivity index (χ2n) is 4.12. The van der Waals surface area contributed by atoms with E-state index in [1.165, 1.54) is 16.7 Å². The minimum atomic E-state index is 0.315. The van der Waals surface area contributed by atoms with E-state index in [4.69, 9.17) is 4.74 Å². The van der Waals surface area contributed by atoms with E-state index >= 15 is 0 Å². The number of benzene rings is 1. The van der Waals surface area contributed by atoms with Crippen LogP contribution in [0.25, 0.3) is 0 Å². The molecule has 1 aliphatic rings. The van der Waals surface area contributed by atoms with Crippen molar-refractivity contribution in [2.75, 3.05) is 0 Å². The number of hydrogen-bond donors (Lipinski definition) is 0. The summed E-state index contributed by atoms with van der Waals surface area (Å²) in [6, 6.07) is 6.48. The fraction of sp³-hybridized carbons (Fsp3) is 0.571. The second-order valence-corrected chi connectivity index (χ2v) is 4.12. The normalized spacial score (nSPS) is 18.4. The Labute approximate surface area is 93.5 Å². The smallest absolute Gasteiger partial charge is 0.0855 e. The lowest BCUT2D eigenvalue weighted by molar-refractivity contribution is 0.0340. The van der Waals surface area contributed by atoms with Crippen molar-refractivity contribution >= 4 is 0 Å². The molecule has 0 bridgehead atoms. The quantitative estimate of drug-likeness (QED) is 0.667. The number of hydrogen-bond acceptors (Lipinski definition) is 1. The standard InChI is InChI=1S/C12H16O.C2H6/c1-8(2)12-10-6-4-5-9(3)11(10)7-13-12;1-2/h4-6,8,12H,7H2,1-3H3;1-2H3. The van der Waals surface area contributed by atoms with Gasteiger partial charge in [-0.25, -0.2) is 0 Å². The van der Waals surface area contributed by atoms with E-state index in [0.29, 0.717) is 12.0 Å². The molecule has 0 saturated carbocycles. The molecule has 1 heteroatoms. The van der Waals surface area contributed by atoms with Gasteiger partial charge in [0.15, 0.2) is 0 Å². The third-order valence-corrected chi connectivity index (χ3v) is 2.77. The molecule has 84 valence electrons. The van der Waals surface area contributed by atoms with Crippen LogP contribution < -0.4 is 0 Å². The van der Waals surface area contributed by atoms with Gasteiger partial charge in [-0.05, 0) is 29.5 Å². The molecule has 1 aliphatic heterocycles. The molecule has 1 aromatic rings. The highest BCUT2D eigenvalue weighted by molar-refractivity contribution is 5.37. The van der Waals surface area contributed by atoms with Gasteiger partial charge < -0.3 is 4.74 Å². The highest BCUT2D eigenvalue weighted by Gasteiger charge is 2.26. The number of fused-ring (bicyclic) bond motifs is 1. The van der Waals surface area contributed by atoms with Crippen LogP contribution in [0.2, 0.25) is 0 Å². The van der Waals surface area contributed by atoms with E-state index < -0.39 is 0 Å². The molecule has 0 aromatic heterocycles. The van der Waals surface area contributed by atoms with Gasteiger partial charge in [0.2, 0.25) is 0 Å². The van der Waals surface area contributed by atoms with Crippen LogP contribution in [0.4, 0.5) is 0 Å². The summed E-state index contributed by atoms with van der Waals surface area (Å²) >= 11 is 0. The maximum Gasteiger partial charge on any atom is 0.0855 e. The first-order valence-corrected chi connectivity index (χ1v) is 5.90. The summed E-state index contributed by atoms with van der Waals surface area (Å²) in [6.45, 7) is 11.4. The van der Waals surface area contributed by atoms with Gasteiger partial charge in [-0.1, -0.05) is 45.9 Å². The Hall–Kier alpha value is -0.820. The van der Waals surface area contributed by atoms with Gasteiger partial charge in [0.05, 0.1) is 12.7 Å². The summed E-state index contributed by atoms with van der Waals surface area (Å²) in [5.41, 5.74) is 4.16. The summed E-state index contributed by atoms with van der Waals surface area (Å²) in [6.07, 6.45) is 0.315. The van der Waals surface area contributed by atoms with Crippen LogP contribution in [0.5, 0.6) is 0 Å². The Kier molecular flexibility index (Phi) is 4.34. The molecule has 0 spiro atoms. The van der Waals surface area contributed by atoms with E-state index in [2.05, 4.69) is 39.0 Å². The van der Waals surface area contributed by atoms with Crippen molar-refractivity contribution in [3.8, 4) is 0 Å². The van der Waals surface area contributed by atoms with E-state index in [-0.39, 0.29) is 0 Å². The van der Waals surface area contributed by atoms with Crippen LogP contribution in [0.15, 0.2) is 18.2 Å². The van der Waals surface area contributed by atoms with Crippen molar-refractivity contribution < 1.29 is 4.74 Å². The molecule has 0 radical (unpaired) electrons. The van der Waals surface area contributed by atoms with Crippen LogP contribution >= 0.6 is 0 Å². The molecule has 0 aliphatic carbocycles. The maximum absolute atomic E-state index is 5.77. The molecule has 1 heterocycles. The Morgan fingerprint density at radius 3 is 2.53 bits per heavy atom. The number of ether oxygens (including phenoxy) is 1. The molecule has 0 saturated heterocycles. The monoisotopic (exact) mass is 206 g/mol. The van der Waals surface area contributed by atoms with Gasteiger partial charge in [-0.3, -0.25) is 0 Å². The van der Waals surface area contributed by atoms with E-state index in [0.717, 1.165) is 6.61 Å². The highest BCUT2D eigenvalue weighted by Crippen LogP contribution is 2.36. The van der Waals surface area contributed by atoms with E-state index in [9.17, 15) is 0 Å². The molecule has 0 amide bonds. The predicted molar refractivity (Wildman–Crippen MR) is 64.9 cm³/mol. The van der Waals surface area contributed by atoms with Crippen molar-refractivity contribution in [2.24, 2.45) is 5.92 Å². The predicted octanol–water partition coefficient (Wildman–Crippen LogP) is 4.25. The number of rotatable bonds is 1. The Morgan fingerprint density at radius 1 is 1.27 bits per heavy atom. The van der Waals surface area contributed by atoms with Crippen molar-refractivity contribution in [1.29, 1.82) is 0 Å². The zero-order chi connectivity index (χ0) is 11.4. The minimum absolute atomic E-state index is 0.315. The van der Waals surface area contributed by atoms with Crippen LogP contribution in [-0.2, 0) is 11.3 Å². The molecule has 1 nitrogen and oxygen atoms in total. The minimum Gasteiger partial charge on any atom is -0.369 e. The van der Waals surface area contributed by atoms with Gasteiger partial charge in [-0.15, -0.1) is 0 Å².